The SMILES string of the molecule is CN1CCC/C1=N/S(=O)(=O)c1ccc(NC(=O)c2ccccc2N(C)c2ccccc2)cc1. The second-order valence-corrected chi connectivity index (χ2v) is 9.50. The molecule has 4 rings (SSSR count). The summed E-state index contributed by atoms with van der Waals surface area (Å²) >= 11 is 0. The summed E-state index contributed by atoms with van der Waals surface area (Å²) in [5.74, 6) is 0.295. The van der Waals surface area contributed by atoms with Crippen molar-refractivity contribution in [3.63, 3.8) is 0 Å². The highest BCUT2D eigenvalue weighted by molar-refractivity contribution is 7.90. The van der Waals surface area contributed by atoms with E-state index in [1.54, 1.807) is 18.2 Å². The average molecular weight is 463 g/mol. The van der Waals surface area contributed by atoms with Gasteiger partial charge in [0.05, 0.1) is 16.1 Å². The largest absolute Gasteiger partial charge is 0.362 e. The van der Waals surface area contributed by atoms with E-state index in [9.17, 15) is 13.2 Å². The smallest absolute Gasteiger partial charge is 0.283 e. The number of hydrogen-bond acceptors (Lipinski definition) is 4. The zero-order chi connectivity index (χ0) is 23.4. The van der Waals surface area contributed by atoms with Crippen LogP contribution in [0.1, 0.15) is 23.2 Å². The fourth-order valence-corrected chi connectivity index (χ4v) is 4.85. The number of nitrogens with zero attached hydrogens (tertiary/aromatic N) is 3. The molecule has 3 aromatic rings. The molecule has 3 aromatic carbocycles. The molecule has 7 nitrogen and oxygen atoms in total. The zero-order valence-corrected chi connectivity index (χ0v) is 19.4. The Balaban J connectivity index is 1.52. The molecule has 0 bridgehead atoms. The van der Waals surface area contributed by atoms with E-state index >= 15 is 0 Å². The minimum absolute atomic E-state index is 0.0949. The lowest BCUT2D eigenvalue weighted by Crippen LogP contribution is -2.20. The van der Waals surface area contributed by atoms with Crippen LogP contribution in [-0.4, -0.2) is 45.7 Å². The van der Waals surface area contributed by atoms with Crippen LogP contribution in [0.5, 0.6) is 0 Å². The monoisotopic (exact) mass is 462 g/mol. The zero-order valence-electron chi connectivity index (χ0n) is 18.6. The van der Waals surface area contributed by atoms with Gasteiger partial charge in [-0.1, -0.05) is 30.3 Å². The minimum Gasteiger partial charge on any atom is -0.362 e. The van der Waals surface area contributed by atoms with Gasteiger partial charge in [-0.2, -0.15) is 8.42 Å². The van der Waals surface area contributed by atoms with Crippen LogP contribution < -0.4 is 10.2 Å². The quantitative estimate of drug-likeness (QED) is 0.582. The standard InChI is InChI=1S/C25H26N4O3S/c1-28-18-8-13-24(28)27-33(31,32)21-16-14-19(15-17-21)26-25(30)22-11-6-7-12-23(22)29(2)20-9-4-3-5-10-20/h3-7,9-12,14-17H,8,13,18H2,1-2H3,(H,26,30)/b27-24-. The second kappa shape index (κ2) is 9.46. The van der Waals surface area contributed by atoms with Crippen molar-refractivity contribution >= 4 is 38.8 Å². The molecule has 0 aliphatic carbocycles. The molecule has 1 amide bonds. The maximum absolute atomic E-state index is 13.0. The Labute approximate surface area is 194 Å². The van der Waals surface area contributed by atoms with Crippen LogP contribution >= 0.6 is 0 Å². The molecular formula is C25H26N4O3S. The van der Waals surface area contributed by atoms with Crippen molar-refractivity contribution in [1.29, 1.82) is 0 Å². The fourth-order valence-electron chi connectivity index (χ4n) is 3.76. The Hall–Kier alpha value is -3.65. The number of anilines is 3. The highest BCUT2D eigenvalue weighted by Gasteiger charge is 2.20. The molecule has 33 heavy (non-hydrogen) atoms. The summed E-state index contributed by atoms with van der Waals surface area (Å²) in [4.78, 5) is 16.9. The average Bonchev–Trinajstić information content (AvgIpc) is 3.23. The van der Waals surface area contributed by atoms with Crippen LogP contribution in [0.4, 0.5) is 17.1 Å². The van der Waals surface area contributed by atoms with Crippen molar-refractivity contribution in [2.24, 2.45) is 4.40 Å². The van der Waals surface area contributed by atoms with Crippen LogP contribution in [-0.2, 0) is 10.0 Å². The van der Waals surface area contributed by atoms with E-state index in [0.717, 1.165) is 24.3 Å². The second-order valence-electron chi connectivity index (χ2n) is 7.90. The van der Waals surface area contributed by atoms with Crippen molar-refractivity contribution < 1.29 is 13.2 Å². The lowest BCUT2D eigenvalue weighted by atomic mass is 10.1. The van der Waals surface area contributed by atoms with E-state index < -0.39 is 10.0 Å². The van der Waals surface area contributed by atoms with Gasteiger partial charge in [0.25, 0.3) is 15.9 Å². The molecule has 1 N–H and O–H groups in total. The number of amidine groups is 1. The van der Waals surface area contributed by atoms with Gasteiger partial charge in [0.2, 0.25) is 0 Å². The predicted molar refractivity (Wildman–Crippen MR) is 132 cm³/mol. The third-order valence-corrected chi connectivity index (χ3v) is 6.94. The molecule has 0 aromatic heterocycles. The highest BCUT2D eigenvalue weighted by atomic mass is 32.2. The summed E-state index contributed by atoms with van der Waals surface area (Å²) in [6.45, 7) is 0.806. The van der Waals surface area contributed by atoms with Gasteiger partial charge >= 0.3 is 0 Å². The van der Waals surface area contributed by atoms with Crippen LogP contribution in [0.3, 0.4) is 0 Å². The number of sulfonamides is 1. The van der Waals surface area contributed by atoms with Crippen LogP contribution in [0.15, 0.2) is 88.2 Å². The predicted octanol–water partition coefficient (Wildman–Crippen LogP) is 4.52. The number of hydrogen-bond donors (Lipinski definition) is 1. The topological polar surface area (TPSA) is 82.1 Å². The maximum atomic E-state index is 13.0. The molecule has 1 saturated heterocycles. The normalized spacial score (nSPS) is 15.0. The Morgan fingerprint density at radius 3 is 2.30 bits per heavy atom. The Morgan fingerprint density at radius 1 is 0.970 bits per heavy atom. The summed E-state index contributed by atoms with van der Waals surface area (Å²) < 4.78 is 29.3. The van der Waals surface area contributed by atoms with Gasteiger partial charge in [0, 0.05) is 38.4 Å². The van der Waals surface area contributed by atoms with Crippen LogP contribution in [0, 0.1) is 0 Å². The number of nitrogens with one attached hydrogen (secondary N) is 1. The summed E-state index contributed by atoms with van der Waals surface area (Å²) in [6, 6.07) is 23.2. The summed E-state index contributed by atoms with van der Waals surface area (Å²) in [5, 5.41) is 2.86. The minimum atomic E-state index is -3.80. The van der Waals surface area contributed by atoms with Gasteiger partial charge in [-0.05, 0) is 55.0 Å². The molecule has 1 aliphatic rings. The molecule has 1 aliphatic heterocycles. The molecule has 0 radical (unpaired) electrons. The van der Waals surface area contributed by atoms with E-state index in [1.165, 1.54) is 12.1 Å². The van der Waals surface area contributed by atoms with Gasteiger partial charge in [0.15, 0.2) is 0 Å². The molecule has 170 valence electrons. The van der Waals surface area contributed by atoms with Gasteiger partial charge < -0.3 is 15.1 Å². The number of para-hydroxylation sites is 2. The molecule has 0 saturated carbocycles. The van der Waals surface area contributed by atoms with E-state index in [-0.39, 0.29) is 10.8 Å². The van der Waals surface area contributed by atoms with Crippen molar-refractivity contribution in [3.05, 3.63) is 84.4 Å². The number of carbonyl (C=O) groups excluding carboxylic acids is 1. The number of rotatable bonds is 6. The van der Waals surface area contributed by atoms with E-state index in [0.29, 0.717) is 23.5 Å². The van der Waals surface area contributed by atoms with Crippen LogP contribution in [0.2, 0.25) is 0 Å². The molecule has 0 unspecified atom stereocenters. The molecule has 1 heterocycles. The number of amides is 1. The van der Waals surface area contributed by atoms with Gasteiger partial charge in [0.1, 0.15) is 5.84 Å². The van der Waals surface area contributed by atoms with Crippen molar-refractivity contribution in [1.82, 2.24) is 4.90 Å². The summed E-state index contributed by atoms with van der Waals surface area (Å²) in [7, 11) is -0.0482. The van der Waals surface area contributed by atoms with Gasteiger partial charge in [-0.3, -0.25) is 4.79 Å². The molecule has 1 fully saturated rings. The first-order valence-electron chi connectivity index (χ1n) is 10.7. The molecule has 0 spiro atoms. The Morgan fingerprint density at radius 2 is 1.64 bits per heavy atom. The fraction of sp³-hybridized carbons (Fsp3) is 0.200. The summed E-state index contributed by atoms with van der Waals surface area (Å²) in [5.41, 5.74) is 2.73. The third kappa shape index (κ3) is 5.06. The van der Waals surface area contributed by atoms with Crippen molar-refractivity contribution in [2.45, 2.75) is 17.7 Å². The first-order chi connectivity index (χ1) is 15.8. The van der Waals surface area contributed by atoms with Crippen molar-refractivity contribution in [2.75, 3.05) is 30.9 Å². The van der Waals surface area contributed by atoms with E-state index in [4.69, 9.17) is 0 Å². The first-order valence-corrected chi connectivity index (χ1v) is 12.1. The number of benzene rings is 3. The van der Waals surface area contributed by atoms with E-state index in [2.05, 4.69) is 9.71 Å². The Bertz CT molecular complexity index is 1270. The molecule has 0 atom stereocenters. The number of likely N-dealkylation sites (tertiary alicyclic amines) is 1. The maximum Gasteiger partial charge on any atom is 0.283 e. The van der Waals surface area contributed by atoms with Gasteiger partial charge in [-0.15, -0.1) is 4.40 Å². The highest BCUT2D eigenvalue weighted by Crippen LogP contribution is 2.28. The molecule has 8 heteroatoms. The third-order valence-electron chi connectivity index (χ3n) is 5.62. The summed E-state index contributed by atoms with van der Waals surface area (Å²) in [6.07, 6.45) is 1.55. The first kappa shape index (κ1) is 22.5. The molecular weight excluding hydrogens is 436 g/mol. The lowest BCUT2D eigenvalue weighted by molar-refractivity contribution is 0.102. The van der Waals surface area contributed by atoms with Crippen molar-refractivity contribution in [3.8, 4) is 0 Å². The van der Waals surface area contributed by atoms with Crippen LogP contribution in [0.25, 0.3) is 0 Å². The number of carbonyl (C=O) groups is 1. The lowest BCUT2D eigenvalue weighted by Gasteiger charge is -2.22. The Kier molecular flexibility index (Phi) is 6.46. The van der Waals surface area contributed by atoms with E-state index in [1.807, 2.05) is 72.4 Å². The van der Waals surface area contributed by atoms with Gasteiger partial charge in [-0.25, -0.2) is 0 Å².